The van der Waals surface area contributed by atoms with E-state index in [1.165, 1.54) is 21.9 Å². The summed E-state index contributed by atoms with van der Waals surface area (Å²) in [5.41, 5.74) is 0.430. The van der Waals surface area contributed by atoms with Gasteiger partial charge in [0.25, 0.3) is 5.91 Å². The number of nitrogens with zero attached hydrogens (tertiary/aromatic N) is 3. The van der Waals surface area contributed by atoms with Crippen molar-refractivity contribution in [3.05, 3.63) is 65.0 Å². The molecule has 3 aromatic rings. The normalized spacial score (nSPS) is 17.4. The van der Waals surface area contributed by atoms with Gasteiger partial charge < -0.3 is 40.1 Å². The zero-order valence-electron chi connectivity index (χ0n) is 25.4. The summed E-state index contributed by atoms with van der Waals surface area (Å²) in [5, 5.41) is 21.6. The van der Waals surface area contributed by atoms with E-state index in [9.17, 15) is 32.7 Å². The van der Waals surface area contributed by atoms with Crippen molar-refractivity contribution in [1.82, 2.24) is 15.0 Å². The Morgan fingerprint density at radius 3 is 2.42 bits per heavy atom. The summed E-state index contributed by atoms with van der Waals surface area (Å²) in [6, 6.07) is 6.70. The predicted octanol–water partition coefficient (Wildman–Crippen LogP) is 5.34. The first kappa shape index (κ1) is 33.1. The van der Waals surface area contributed by atoms with Crippen molar-refractivity contribution in [2.45, 2.75) is 46.0 Å². The molecule has 0 spiro atoms. The SMILES string of the molecule is Cc1noc(C)c1NC(=O)N(C)C[C@@H]1Oc2c(NC(=O)Nc3ccc(C(F)(F)F)cc3)cccc2C(=O)N([C@@H](C)CO)C[C@@H]1C. The predicted molar refractivity (Wildman–Crippen MR) is 159 cm³/mol. The molecule has 0 bridgehead atoms. The lowest BCUT2D eigenvalue weighted by Gasteiger charge is -2.38. The lowest BCUT2D eigenvalue weighted by atomic mass is 9.99. The van der Waals surface area contributed by atoms with Gasteiger partial charge in [-0.1, -0.05) is 18.1 Å². The van der Waals surface area contributed by atoms with Crippen LogP contribution in [0.5, 0.6) is 5.75 Å². The zero-order chi connectivity index (χ0) is 33.1. The van der Waals surface area contributed by atoms with Gasteiger partial charge >= 0.3 is 18.2 Å². The number of anilines is 3. The number of benzene rings is 2. The van der Waals surface area contributed by atoms with Crippen LogP contribution < -0.4 is 20.7 Å². The van der Waals surface area contributed by atoms with Crippen LogP contribution >= 0.6 is 0 Å². The van der Waals surface area contributed by atoms with Crippen molar-refractivity contribution >= 4 is 35.0 Å². The number of aromatic nitrogens is 1. The van der Waals surface area contributed by atoms with Crippen molar-refractivity contribution in [1.29, 1.82) is 0 Å². The fourth-order valence-electron chi connectivity index (χ4n) is 4.80. The Labute approximate surface area is 257 Å². The molecular formula is C30H35F3N6O6. The molecule has 0 fully saturated rings. The molecule has 1 aromatic heterocycles. The van der Waals surface area contributed by atoms with Gasteiger partial charge in [0.05, 0.1) is 36.0 Å². The van der Waals surface area contributed by atoms with Gasteiger partial charge in [-0.2, -0.15) is 13.2 Å². The maximum Gasteiger partial charge on any atom is 0.416 e. The first-order valence-electron chi connectivity index (χ1n) is 14.1. The first-order chi connectivity index (χ1) is 21.2. The summed E-state index contributed by atoms with van der Waals surface area (Å²) >= 11 is 0. The molecule has 0 aliphatic carbocycles. The second-order valence-corrected chi connectivity index (χ2v) is 11.0. The van der Waals surface area contributed by atoms with Crippen LogP contribution in [0.3, 0.4) is 0 Å². The summed E-state index contributed by atoms with van der Waals surface area (Å²) < 4.78 is 50.3. The molecule has 1 aliphatic heterocycles. The van der Waals surface area contributed by atoms with Crippen LogP contribution in [0.1, 0.15) is 41.2 Å². The summed E-state index contributed by atoms with van der Waals surface area (Å²) in [6.45, 7) is 6.87. The largest absolute Gasteiger partial charge is 0.485 e. The fourth-order valence-corrected chi connectivity index (χ4v) is 4.80. The molecule has 5 amide bonds. The molecular weight excluding hydrogens is 597 g/mol. The number of urea groups is 2. The third-order valence-corrected chi connectivity index (χ3v) is 7.48. The standard InChI is InChI=1S/C30H35F3N6O6/c1-16-13-39(17(2)15-40)27(41)22-7-6-8-23(35-28(42)34-21-11-9-20(10-12-21)30(31,32)33)26(22)44-24(16)14-38(5)29(43)36-25-18(3)37-45-19(25)4/h6-12,16-17,24,40H,13-15H2,1-5H3,(H,36,43)(H2,34,35,42)/t16-,17-,24-/m0/s1. The number of nitrogens with one attached hydrogen (secondary N) is 3. The highest BCUT2D eigenvalue weighted by molar-refractivity contribution is 6.04. The van der Waals surface area contributed by atoms with Gasteiger partial charge in [0.15, 0.2) is 11.5 Å². The van der Waals surface area contributed by atoms with E-state index in [1.54, 1.807) is 33.9 Å². The molecule has 0 saturated heterocycles. The zero-order valence-corrected chi connectivity index (χ0v) is 25.4. The number of alkyl halides is 3. The van der Waals surface area contributed by atoms with Crippen LogP contribution in [-0.2, 0) is 6.18 Å². The molecule has 2 aromatic carbocycles. The third kappa shape index (κ3) is 7.66. The van der Waals surface area contributed by atoms with E-state index < -0.39 is 41.9 Å². The molecule has 4 rings (SSSR count). The number of hydrogen-bond donors (Lipinski definition) is 4. The van der Waals surface area contributed by atoms with Crippen LogP contribution in [0, 0.1) is 19.8 Å². The van der Waals surface area contributed by atoms with E-state index in [0.29, 0.717) is 17.1 Å². The minimum Gasteiger partial charge on any atom is -0.485 e. The quantitative estimate of drug-likeness (QED) is 0.275. The van der Waals surface area contributed by atoms with Gasteiger partial charge in [-0.25, -0.2) is 9.59 Å². The van der Waals surface area contributed by atoms with E-state index in [-0.39, 0.29) is 48.3 Å². The molecule has 2 heterocycles. The first-order valence-corrected chi connectivity index (χ1v) is 14.1. The Morgan fingerprint density at radius 1 is 1.13 bits per heavy atom. The maximum atomic E-state index is 13.7. The number of hydrogen-bond acceptors (Lipinski definition) is 7. The van der Waals surface area contributed by atoms with Crippen molar-refractivity contribution in [3.63, 3.8) is 0 Å². The summed E-state index contributed by atoms with van der Waals surface area (Å²) in [4.78, 5) is 42.6. The number of aryl methyl sites for hydroxylation is 2. The number of likely N-dealkylation sites (N-methyl/N-ethyl adjacent to an activating group) is 1. The highest BCUT2D eigenvalue weighted by Gasteiger charge is 2.35. The van der Waals surface area contributed by atoms with E-state index in [0.717, 1.165) is 24.3 Å². The van der Waals surface area contributed by atoms with E-state index >= 15 is 0 Å². The highest BCUT2D eigenvalue weighted by Crippen LogP contribution is 2.35. The maximum absolute atomic E-state index is 13.7. The van der Waals surface area contributed by atoms with Gasteiger partial charge in [0.1, 0.15) is 17.5 Å². The Kier molecular flexibility index (Phi) is 9.91. The monoisotopic (exact) mass is 632 g/mol. The van der Waals surface area contributed by atoms with Crippen LogP contribution in [0.25, 0.3) is 0 Å². The van der Waals surface area contributed by atoms with Crippen LogP contribution in [0.15, 0.2) is 47.0 Å². The van der Waals surface area contributed by atoms with Crippen molar-refractivity contribution in [2.75, 3.05) is 42.7 Å². The van der Waals surface area contributed by atoms with Gasteiger partial charge in [0.2, 0.25) is 0 Å². The van der Waals surface area contributed by atoms with Gasteiger partial charge in [0, 0.05) is 25.2 Å². The number of aliphatic hydroxyl groups excluding tert-OH is 1. The highest BCUT2D eigenvalue weighted by atomic mass is 19.4. The van der Waals surface area contributed by atoms with Crippen LogP contribution in [0.2, 0.25) is 0 Å². The molecule has 0 unspecified atom stereocenters. The van der Waals surface area contributed by atoms with E-state index in [4.69, 9.17) is 9.26 Å². The number of fused-ring (bicyclic) bond motifs is 1. The topological polar surface area (TPSA) is 149 Å². The van der Waals surface area contributed by atoms with Gasteiger partial charge in [-0.3, -0.25) is 4.79 Å². The van der Waals surface area contributed by atoms with Crippen LogP contribution in [-0.4, -0.2) is 76.9 Å². The van der Waals surface area contributed by atoms with Gasteiger partial charge in [-0.05, 0) is 57.2 Å². The van der Waals surface area contributed by atoms with E-state index in [2.05, 4.69) is 21.1 Å². The molecule has 0 radical (unpaired) electrons. The molecule has 15 heteroatoms. The third-order valence-electron chi connectivity index (χ3n) is 7.48. The number of amides is 5. The second kappa shape index (κ2) is 13.5. The number of carbonyl (C=O) groups is 3. The minimum atomic E-state index is -4.52. The fraction of sp³-hybridized carbons (Fsp3) is 0.400. The van der Waals surface area contributed by atoms with Gasteiger partial charge in [-0.15, -0.1) is 0 Å². The molecule has 4 N–H and O–H groups in total. The van der Waals surface area contributed by atoms with Crippen molar-refractivity contribution in [2.24, 2.45) is 5.92 Å². The molecule has 242 valence electrons. The van der Waals surface area contributed by atoms with Crippen molar-refractivity contribution < 1.29 is 41.9 Å². The molecule has 45 heavy (non-hydrogen) atoms. The van der Waals surface area contributed by atoms with Crippen molar-refractivity contribution in [3.8, 4) is 5.75 Å². The summed E-state index contributed by atoms with van der Waals surface area (Å²) in [5.74, 6) is -0.305. The average molecular weight is 633 g/mol. The number of aliphatic hydroxyl groups is 1. The average Bonchev–Trinajstić information content (AvgIpc) is 3.30. The Bertz CT molecular complexity index is 1520. The molecule has 1 aliphatic rings. The molecule has 3 atom stereocenters. The Hall–Kier alpha value is -4.79. The number of ether oxygens (including phenoxy) is 1. The summed E-state index contributed by atoms with van der Waals surface area (Å²) in [7, 11) is 1.57. The number of carbonyl (C=O) groups excluding carboxylic acids is 3. The van der Waals surface area contributed by atoms with Crippen LogP contribution in [0.4, 0.5) is 39.8 Å². The Morgan fingerprint density at radius 2 is 1.82 bits per heavy atom. The lowest BCUT2D eigenvalue weighted by Crippen LogP contribution is -2.50. The number of para-hydroxylation sites is 1. The minimum absolute atomic E-state index is 0.0382. The smallest absolute Gasteiger partial charge is 0.416 e. The number of halogens is 3. The lowest BCUT2D eigenvalue weighted by molar-refractivity contribution is -0.137. The van der Waals surface area contributed by atoms with E-state index in [1.807, 2.05) is 6.92 Å². The number of rotatable bonds is 7. The molecule has 12 nitrogen and oxygen atoms in total. The molecule has 0 saturated carbocycles. The summed E-state index contributed by atoms with van der Waals surface area (Å²) in [6.07, 6.45) is -5.21. The Balaban J connectivity index is 1.61. The second-order valence-electron chi connectivity index (χ2n) is 11.0.